The maximum Gasteiger partial charge on any atom is 0.482 e. The molecule has 0 spiro atoms. The van der Waals surface area contributed by atoms with Crippen LogP contribution in [0.5, 0.6) is 0 Å². The summed E-state index contributed by atoms with van der Waals surface area (Å²) in [7, 11) is -0.687. The van der Waals surface area contributed by atoms with Crippen molar-refractivity contribution >= 4 is 19.1 Å². The van der Waals surface area contributed by atoms with E-state index in [9.17, 15) is 19.2 Å². The van der Waals surface area contributed by atoms with Crippen molar-refractivity contribution in [3.63, 3.8) is 0 Å². The van der Waals surface area contributed by atoms with Gasteiger partial charge in [0.1, 0.15) is 17.3 Å². The number of halogens is 1. The highest BCUT2D eigenvalue weighted by molar-refractivity contribution is 6.47. The minimum Gasteiger partial charge on any atom is -0.444 e. The first-order chi connectivity index (χ1) is 22.8. The van der Waals surface area contributed by atoms with Crippen LogP contribution in [0.25, 0.3) is 0 Å². The second-order valence-electron chi connectivity index (χ2n) is 18.1. The first-order valence-corrected chi connectivity index (χ1v) is 18.4. The molecule has 3 heterocycles. The van der Waals surface area contributed by atoms with Gasteiger partial charge in [0.05, 0.1) is 30.3 Å². The lowest BCUT2D eigenvalue weighted by Crippen LogP contribution is -2.65. The molecule has 3 aliphatic carbocycles. The number of hydrogen-bond donors (Lipinski definition) is 1. The van der Waals surface area contributed by atoms with E-state index in [2.05, 4.69) is 64.8 Å². The van der Waals surface area contributed by atoms with Crippen LogP contribution in [0.15, 0.2) is 24.3 Å². The molecule has 9 nitrogen and oxygen atoms in total. The van der Waals surface area contributed by atoms with Crippen molar-refractivity contribution in [2.45, 2.75) is 130 Å². The summed E-state index contributed by atoms with van der Waals surface area (Å²) in [4.78, 5) is 31.6. The Morgan fingerprint density at radius 1 is 1.14 bits per heavy atom. The van der Waals surface area contributed by atoms with Crippen molar-refractivity contribution in [3.8, 4) is 6.07 Å². The first-order valence-electron chi connectivity index (χ1n) is 18.4. The topological polar surface area (TPSA) is 104 Å². The number of ether oxygens (including phenoxy) is 1. The van der Waals surface area contributed by atoms with Crippen LogP contribution in [0.1, 0.15) is 99.5 Å². The molecule has 2 amide bonds. The van der Waals surface area contributed by atoms with E-state index < -0.39 is 36.3 Å². The molecule has 49 heavy (non-hydrogen) atoms. The number of amides is 2. The molecular formula is C38H56BFN4O5. The van der Waals surface area contributed by atoms with E-state index in [1.165, 1.54) is 12.1 Å². The Morgan fingerprint density at radius 2 is 1.86 bits per heavy atom. The van der Waals surface area contributed by atoms with Crippen LogP contribution >= 0.6 is 0 Å². The highest BCUT2D eigenvalue weighted by atomic mass is 19.1. The molecule has 2 bridgehead atoms. The van der Waals surface area contributed by atoms with E-state index in [1.54, 1.807) is 24.0 Å². The van der Waals surface area contributed by atoms with E-state index in [0.717, 1.165) is 37.9 Å². The third-order valence-electron chi connectivity index (χ3n) is 12.9. The van der Waals surface area contributed by atoms with E-state index in [4.69, 9.17) is 14.0 Å². The molecule has 6 fully saturated rings. The van der Waals surface area contributed by atoms with Crippen molar-refractivity contribution in [1.82, 2.24) is 15.1 Å². The molecule has 1 aromatic rings. The predicted molar refractivity (Wildman–Crippen MR) is 186 cm³/mol. The van der Waals surface area contributed by atoms with Gasteiger partial charge in [-0.25, -0.2) is 9.18 Å². The third kappa shape index (κ3) is 6.99. The number of carbonyl (C=O) groups is 2. The first kappa shape index (κ1) is 36.1. The largest absolute Gasteiger partial charge is 0.482 e. The van der Waals surface area contributed by atoms with Gasteiger partial charge in [-0.05, 0) is 120 Å². The zero-order valence-corrected chi connectivity index (χ0v) is 30.8. The van der Waals surface area contributed by atoms with Crippen molar-refractivity contribution < 1.29 is 28.0 Å². The Bertz CT molecular complexity index is 1460. The molecule has 1 unspecified atom stereocenters. The van der Waals surface area contributed by atoms with Crippen LogP contribution in [0.3, 0.4) is 0 Å². The van der Waals surface area contributed by atoms with Gasteiger partial charge in [-0.15, -0.1) is 0 Å². The Hall–Kier alpha value is -2.68. The monoisotopic (exact) mass is 678 g/mol. The van der Waals surface area contributed by atoms with Crippen LogP contribution in [-0.2, 0) is 25.3 Å². The smallest absolute Gasteiger partial charge is 0.444 e. The molecule has 6 aliphatic rings. The molecule has 3 saturated carbocycles. The lowest BCUT2D eigenvalue weighted by molar-refractivity contribution is -0.199. The SMILES string of the molecule is CC1(C)CCN(C(C)(C)CC(C)(C#N)C(=O)N2CCC[C@H](OC(=O)N[C@@H](Cc3ccc(F)cc3)B3O[C@@H]4C[C@@H]5C[C@@H](C5(C)C)[C@]4(C)O3)C2)C1. The number of nitriles is 1. The summed E-state index contributed by atoms with van der Waals surface area (Å²) in [5, 5.41) is 13.4. The van der Waals surface area contributed by atoms with Crippen molar-refractivity contribution in [3.05, 3.63) is 35.6 Å². The Morgan fingerprint density at radius 3 is 2.49 bits per heavy atom. The summed E-state index contributed by atoms with van der Waals surface area (Å²) in [6.45, 7) is 19.9. The summed E-state index contributed by atoms with van der Waals surface area (Å²) >= 11 is 0. The minimum absolute atomic E-state index is 0.0582. The van der Waals surface area contributed by atoms with E-state index in [0.29, 0.717) is 44.1 Å². The number of nitrogens with one attached hydrogen (secondary N) is 1. The van der Waals surface area contributed by atoms with Gasteiger partial charge in [0.25, 0.3) is 0 Å². The highest BCUT2D eigenvalue weighted by Gasteiger charge is 2.68. The quantitative estimate of drug-likeness (QED) is 0.313. The van der Waals surface area contributed by atoms with Gasteiger partial charge in [-0.1, -0.05) is 39.8 Å². The summed E-state index contributed by atoms with van der Waals surface area (Å²) in [5.41, 5.74) is -0.756. The summed E-state index contributed by atoms with van der Waals surface area (Å²) in [6, 6.07) is 8.61. The van der Waals surface area contributed by atoms with E-state index >= 15 is 0 Å². The highest BCUT2D eigenvalue weighted by Crippen LogP contribution is 2.65. The fourth-order valence-electron chi connectivity index (χ4n) is 9.83. The Kier molecular flexibility index (Phi) is 9.46. The predicted octanol–water partition coefficient (Wildman–Crippen LogP) is 6.15. The minimum atomic E-state index is -1.21. The molecule has 268 valence electrons. The van der Waals surface area contributed by atoms with Gasteiger partial charge in [0.15, 0.2) is 0 Å². The number of rotatable bonds is 9. The number of benzene rings is 1. The second-order valence-corrected chi connectivity index (χ2v) is 18.1. The molecule has 11 heteroatoms. The number of likely N-dealkylation sites (tertiary alicyclic amines) is 2. The zero-order chi connectivity index (χ0) is 35.6. The number of hydrogen-bond acceptors (Lipinski definition) is 7. The average Bonchev–Trinajstić information content (AvgIpc) is 3.60. The summed E-state index contributed by atoms with van der Waals surface area (Å²) < 4.78 is 33.0. The van der Waals surface area contributed by atoms with Crippen LogP contribution in [0, 0.1) is 45.2 Å². The summed E-state index contributed by atoms with van der Waals surface area (Å²) in [5.74, 6) is -0.153. The zero-order valence-electron chi connectivity index (χ0n) is 30.8. The molecule has 0 radical (unpaired) electrons. The van der Waals surface area contributed by atoms with Crippen molar-refractivity contribution in [1.29, 1.82) is 5.26 Å². The van der Waals surface area contributed by atoms with E-state index in [-0.39, 0.29) is 40.7 Å². The van der Waals surface area contributed by atoms with Crippen LogP contribution in [0.4, 0.5) is 9.18 Å². The molecule has 3 saturated heterocycles. The van der Waals surface area contributed by atoms with Crippen molar-refractivity contribution in [2.75, 3.05) is 26.2 Å². The number of piperidine rings is 1. The van der Waals surface area contributed by atoms with Gasteiger partial charge in [0.2, 0.25) is 5.91 Å². The van der Waals surface area contributed by atoms with Crippen LogP contribution < -0.4 is 5.32 Å². The molecule has 3 aliphatic heterocycles. The third-order valence-corrected chi connectivity index (χ3v) is 12.9. The lowest BCUT2D eigenvalue weighted by Gasteiger charge is -2.64. The standard InChI is InChI=1S/C38H56BFN4O5/c1-34(2)15-17-44(24-34)35(3,4)22-37(7,23-41)32(45)43-16-9-10-28(21-43)47-33(46)42-31(18-25-11-13-27(40)14-12-25)39-48-30-20-26-19-29(36(26,5)6)38(30,8)49-39/h11-14,26,28-31H,9-10,15-22,24H2,1-8H3,(H,42,46)/t26-,28-,29-,30+,31-,37?,38-/m0/s1. The van der Waals surface area contributed by atoms with Gasteiger partial charge in [-0.3, -0.25) is 9.69 Å². The lowest BCUT2D eigenvalue weighted by atomic mass is 9.43. The number of nitrogens with zero attached hydrogens (tertiary/aromatic N) is 3. The number of carbonyl (C=O) groups excluding carboxylic acids is 2. The van der Waals surface area contributed by atoms with Crippen molar-refractivity contribution in [2.24, 2.45) is 28.1 Å². The molecule has 1 N–H and O–H groups in total. The Balaban J connectivity index is 1.10. The maximum absolute atomic E-state index is 14.0. The summed E-state index contributed by atoms with van der Waals surface area (Å²) in [6.07, 6.45) is 4.02. The normalized spacial score (nSPS) is 32.3. The fourth-order valence-corrected chi connectivity index (χ4v) is 9.83. The fraction of sp³-hybridized carbons (Fsp3) is 0.763. The van der Waals surface area contributed by atoms with Gasteiger partial charge in [0, 0.05) is 18.6 Å². The molecule has 7 rings (SSSR count). The molecule has 1 aromatic carbocycles. The van der Waals surface area contributed by atoms with Crippen LogP contribution in [0.2, 0.25) is 0 Å². The van der Waals surface area contributed by atoms with E-state index in [1.807, 2.05) is 0 Å². The van der Waals surface area contributed by atoms with Gasteiger partial charge >= 0.3 is 13.2 Å². The maximum atomic E-state index is 14.0. The molecular weight excluding hydrogens is 622 g/mol. The second kappa shape index (κ2) is 12.8. The average molecular weight is 679 g/mol. The van der Waals surface area contributed by atoms with Crippen LogP contribution in [-0.4, -0.2) is 84.4 Å². The molecule has 0 aromatic heterocycles. The Labute approximate surface area is 292 Å². The number of alkyl carbamates (subject to hydrolysis) is 1. The van der Waals surface area contributed by atoms with Gasteiger partial charge < -0.3 is 24.3 Å². The molecule has 7 atom stereocenters. The van der Waals surface area contributed by atoms with Gasteiger partial charge in [-0.2, -0.15) is 5.26 Å².